The van der Waals surface area contributed by atoms with Gasteiger partial charge in [-0.05, 0) is 55.0 Å². The van der Waals surface area contributed by atoms with Gasteiger partial charge in [-0.25, -0.2) is 4.98 Å². The van der Waals surface area contributed by atoms with Crippen LogP contribution in [0.25, 0.3) is 0 Å². The highest BCUT2D eigenvalue weighted by molar-refractivity contribution is 8.00. The van der Waals surface area contributed by atoms with E-state index in [1.165, 1.54) is 23.1 Å². The molecule has 8 heteroatoms. The van der Waals surface area contributed by atoms with E-state index >= 15 is 0 Å². The van der Waals surface area contributed by atoms with Crippen LogP contribution in [0.15, 0.2) is 89.1 Å². The normalized spacial score (nSPS) is 11.5. The molecule has 4 aromatic rings. The Hall–Kier alpha value is -3.62. The first-order valence-electron chi connectivity index (χ1n) is 10.5. The highest BCUT2D eigenvalue weighted by Gasteiger charge is 2.23. The van der Waals surface area contributed by atoms with E-state index in [-0.39, 0.29) is 11.8 Å². The number of amides is 2. The van der Waals surface area contributed by atoms with Gasteiger partial charge in [0.15, 0.2) is 5.13 Å². The Bertz CT molecular complexity index is 1270. The Morgan fingerprint density at radius 1 is 0.971 bits per heavy atom. The molecule has 0 radical (unpaired) electrons. The van der Waals surface area contributed by atoms with Crippen molar-refractivity contribution in [2.45, 2.75) is 17.1 Å². The van der Waals surface area contributed by atoms with E-state index in [4.69, 9.17) is 4.74 Å². The zero-order valence-electron chi connectivity index (χ0n) is 18.6. The van der Waals surface area contributed by atoms with Gasteiger partial charge in [-0.15, -0.1) is 23.1 Å². The van der Waals surface area contributed by atoms with Crippen LogP contribution < -0.4 is 15.4 Å². The number of thiazole rings is 1. The van der Waals surface area contributed by atoms with Crippen LogP contribution in [0.1, 0.15) is 26.9 Å². The number of anilines is 2. The van der Waals surface area contributed by atoms with Crippen molar-refractivity contribution < 1.29 is 14.3 Å². The first-order valence-corrected chi connectivity index (χ1v) is 12.3. The van der Waals surface area contributed by atoms with Crippen LogP contribution in [0.2, 0.25) is 0 Å². The second-order valence-corrected chi connectivity index (χ2v) is 9.44. The number of carbonyl (C=O) groups is 2. The summed E-state index contributed by atoms with van der Waals surface area (Å²) in [6, 6.07) is 24.0. The first kappa shape index (κ1) is 23.5. The van der Waals surface area contributed by atoms with Crippen molar-refractivity contribution in [3.05, 3.63) is 101 Å². The lowest BCUT2D eigenvalue weighted by atomic mass is 10.1. The third-order valence-electron chi connectivity index (χ3n) is 4.89. The average molecular weight is 490 g/mol. The minimum atomic E-state index is -0.456. The molecule has 34 heavy (non-hydrogen) atoms. The summed E-state index contributed by atoms with van der Waals surface area (Å²) in [7, 11) is 1.56. The minimum Gasteiger partial charge on any atom is -0.497 e. The molecule has 1 aromatic heterocycles. The van der Waals surface area contributed by atoms with Gasteiger partial charge in [-0.2, -0.15) is 0 Å². The lowest BCUT2D eigenvalue weighted by Crippen LogP contribution is -2.19. The van der Waals surface area contributed by atoms with Gasteiger partial charge in [-0.1, -0.05) is 36.4 Å². The molecule has 0 aliphatic heterocycles. The maximum atomic E-state index is 13.1. The Morgan fingerprint density at radius 2 is 1.74 bits per heavy atom. The largest absolute Gasteiger partial charge is 0.497 e. The molecule has 1 unspecified atom stereocenters. The number of aryl methyl sites for hydroxylation is 1. The van der Waals surface area contributed by atoms with Gasteiger partial charge in [0.1, 0.15) is 11.0 Å². The van der Waals surface area contributed by atoms with Gasteiger partial charge in [0.05, 0.1) is 12.8 Å². The van der Waals surface area contributed by atoms with Crippen molar-refractivity contribution in [2.24, 2.45) is 0 Å². The zero-order chi connectivity index (χ0) is 23.9. The molecule has 0 saturated heterocycles. The maximum absolute atomic E-state index is 13.1. The average Bonchev–Trinajstić information content (AvgIpc) is 3.28. The molecule has 4 rings (SSSR count). The van der Waals surface area contributed by atoms with Gasteiger partial charge >= 0.3 is 0 Å². The van der Waals surface area contributed by atoms with E-state index < -0.39 is 5.25 Å². The van der Waals surface area contributed by atoms with Gasteiger partial charge in [0.2, 0.25) is 5.91 Å². The summed E-state index contributed by atoms with van der Waals surface area (Å²) in [4.78, 5) is 30.9. The molecule has 0 aliphatic rings. The summed E-state index contributed by atoms with van der Waals surface area (Å²) < 4.78 is 5.18. The summed E-state index contributed by atoms with van der Waals surface area (Å²) in [6.07, 6.45) is 0. The van der Waals surface area contributed by atoms with Crippen molar-refractivity contribution in [1.29, 1.82) is 0 Å². The van der Waals surface area contributed by atoms with E-state index in [0.717, 1.165) is 16.2 Å². The second kappa shape index (κ2) is 11.0. The van der Waals surface area contributed by atoms with Crippen molar-refractivity contribution in [2.75, 3.05) is 17.7 Å². The summed E-state index contributed by atoms with van der Waals surface area (Å²) in [5, 5.41) is 7.85. The number of benzene rings is 3. The quantitative estimate of drug-likeness (QED) is 0.289. The molecular weight excluding hydrogens is 466 g/mol. The van der Waals surface area contributed by atoms with E-state index in [0.29, 0.717) is 22.1 Å². The molecule has 2 amide bonds. The molecule has 172 valence electrons. The van der Waals surface area contributed by atoms with Crippen LogP contribution in [0.5, 0.6) is 5.75 Å². The highest BCUT2D eigenvalue weighted by atomic mass is 32.2. The van der Waals surface area contributed by atoms with E-state index in [2.05, 4.69) is 15.6 Å². The van der Waals surface area contributed by atoms with Gasteiger partial charge in [-0.3, -0.25) is 9.59 Å². The third kappa shape index (κ3) is 6.03. The number of aromatic nitrogens is 1. The molecule has 1 atom stereocenters. The smallest absolute Gasteiger partial charge is 0.255 e. The summed E-state index contributed by atoms with van der Waals surface area (Å²) in [5.41, 5.74) is 2.94. The topological polar surface area (TPSA) is 80.3 Å². The first-order chi connectivity index (χ1) is 16.5. The number of nitrogens with one attached hydrogen (secondary N) is 2. The molecule has 3 aromatic carbocycles. The summed E-state index contributed by atoms with van der Waals surface area (Å²) in [5.74, 6) is 0.262. The number of carbonyl (C=O) groups excluding carboxylic acids is 2. The standard InChI is InChI=1S/C26H23N3O3S2/c1-17-16-33-26(27-17)29-25(31)23(18-7-4-3-5-8-18)34-22-13-11-20(12-14-22)28-24(30)19-9-6-10-21(15-19)32-2/h3-16,23H,1-2H3,(H,28,30)(H,27,29,31). The molecule has 0 saturated carbocycles. The van der Waals surface area contributed by atoms with Crippen LogP contribution in [0, 0.1) is 6.92 Å². The lowest BCUT2D eigenvalue weighted by molar-refractivity contribution is -0.115. The van der Waals surface area contributed by atoms with Crippen molar-refractivity contribution in [1.82, 2.24) is 4.98 Å². The molecule has 1 heterocycles. The van der Waals surface area contributed by atoms with Crippen LogP contribution in [0.3, 0.4) is 0 Å². The van der Waals surface area contributed by atoms with Crippen LogP contribution in [-0.2, 0) is 4.79 Å². The maximum Gasteiger partial charge on any atom is 0.255 e. The molecular formula is C26H23N3O3S2. The highest BCUT2D eigenvalue weighted by Crippen LogP contribution is 2.37. The summed E-state index contributed by atoms with van der Waals surface area (Å²) in [6.45, 7) is 1.89. The number of rotatable bonds is 8. The fraction of sp³-hybridized carbons (Fsp3) is 0.115. The zero-order valence-corrected chi connectivity index (χ0v) is 20.3. The van der Waals surface area contributed by atoms with E-state index in [9.17, 15) is 9.59 Å². The number of ether oxygens (including phenoxy) is 1. The van der Waals surface area contributed by atoms with Crippen molar-refractivity contribution >= 4 is 45.7 Å². The number of nitrogens with zero attached hydrogens (tertiary/aromatic N) is 1. The molecule has 6 nitrogen and oxygen atoms in total. The van der Waals surface area contributed by atoms with E-state index in [1.54, 1.807) is 31.4 Å². The van der Waals surface area contributed by atoms with Crippen LogP contribution in [0.4, 0.5) is 10.8 Å². The molecule has 2 N–H and O–H groups in total. The van der Waals surface area contributed by atoms with Crippen LogP contribution in [-0.4, -0.2) is 23.9 Å². The Kier molecular flexibility index (Phi) is 7.61. The fourth-order valence-corrected chi connectivity index (χ4v) is 4.92. The van der Waals surface area contributed by atoms with Crippen molar-refractivity contribution in [3.8, 4) is 5.75 Å². The monoisotopic (exact) mass is 489 g/mol. The molecule has 0 fully saturated rings. The predicted molar refractivity (Wildman–Crippen MR) is 138 cm³/mol. The fourth-order valence-electron chi connectivity index (χ4n) is 3.20. The SMILES string of the molecule is COc1cccc(C(=O)Nc2ccc(SC(C(=O)Nc3nc(C)cs3)c3ccccc3)cc2)c1. The predicted octanol–water partition coefficient (Wildman–Crippen LogP) is 6.18. The Balaban J connectivity index is 1.47. The van der Waals surface area contributed by atoms with Crippen molar-refractivity contribution in [3.63, 3.8) is 0 Å². The number of thioether (sulfide) groups is 1. The Morgan fingerprint density at radius 3 is 2.41 bits per heavy atom. The van der Waals surface area contributed by atoms with Gasteiger partial charge in [0.25, 0.3) is 5.91 Å². The van der Waals surface area contributed by atoms with E-state index in [1.807, 2.05) is 66.9 Å². The third-order valence-corrected chi connectivity index (χ3v) is 7.03. The van der Waals surface area contributed by atoms with Gasteiger partial charge < -0.3 is 15.4 Å². The number of hydrogen-bond donors (Lipinski definition) is 2. The lowest BCUT2D eigenvalue weighted by Gasteiger charge is -2.16. The molecule has 0 bridgehead atoms. The van der Waals surface area contributed by atoms with Crippen LogP contribution >= 0.6 is 23.1 Å². The molecule has 0 spiro atoms. The molecule has 0 aliphatic carbocycles. The summed E-state index contributed by atoms with van der Waals surface area (Å²) >= 11 is 2.84. The Labute approximate surface area is 206 Å². The minimum absolute atomic E-state index is 0.138. The van der Waals surface area contributed by atoms with Gasteiger partial charge in [0, 0.05) is 21.5 Å². The second-order valence-electron chi connectivity index (χ2n) is 7.40. The number of hydrogen-bond acceptors (Lipinski definition) is 6. The number of methoxy groups -OCH3 is 1.